The molecule has 0 aliphatic heterocycles. The number of benzene rings is 1. The van der Waals surface area contributed by atoms with Crippen LogP contribution in [0.4, 0.5) is 5.69 Å². The molecule has 1 atom stereocenters. The molecule has 0 aliphatic carbocycles. The van der Waals surface area contributed by atoms with Gasteiger partial charge in [0.25, 0.3) is 0 Å². The number of hydrogen-bond acceptors (Lipinski definition) is 2. The second-order valence-corrected chi connectivity index (χ2v) is 4.17. The van der Waals surface area contributed by atoms with Gasteiger partial charge in [0.2, 0.25) is 5.91 Å². The van der Waals surface area contributed by atoms with Gasteiger partial charge >= 0.3 is 0 Å². The van der Waals surface area contributed by atoms with Crippen molar-refractivity contribution in [2.75, 3.05) is 5.32 Å². The van der Waals surface area contributed by atoms with Crippen molar-refractivity contribution in [1.82, 2.24) is 0 Å². The quantitative estimate of drug-likeness (QED) is 0.801. The highest BCUT2D eigenvalue weighted by molar-refractivity contribution is 5.90. The summed E-state index contributed by atoms with van der Waals surface area (Å²) >= 11 is 0. The third-order valence-corrected chi connectivity index (χ3v) is 2.68. The first-order valence-corrected chi connectivity index (χ1v) is 5.74. The Balaban J connectivity index is 2.55. The largest absolute Gasteiger partial charge is 0.326 e. The summed E-state index contributed by atoms with van der Waals surface area (Å²) in [5.74, 6) is 0.501. The lowest BCUT2D eigenvalue weighted by atomic mass is 10.0. The predicted octanol–water partition coefficient (Wildman–Crippen LogP) is 2.52. The summed E-state index contributed by atoms with van der Waals surface area (Å²) in [4.78, 5) is 11.6. The molecule has 1 unspecified atom stereocenters. The number of nitrogens with two attached hydrogens (primary N) is 1. The van der Waals surface area contributed by atoms with Gasteiger partial charge in [0.05, 0.1) is 0 Å². The maximum atomic E-state index is 11.6. The highest BCUT2D eigenvalue weighted by atomic mass is 16.1. The molecule has 0 aliphatic rings. The molecule has 16 heavy (non-hydrogen) atoms. The van der Waals surface area contributed by atoms with Crippen molar-refractivity contribution >= 4 is 11.6 Å². The number of hydrogen-bond donors (Lipinski definition) is 2. The van der Waals surface area contributed by atoms with Gasteiger partial charge in [0, 0.05) is 18.7 Å². The average Bonchev–Trinajstić information content (AvgIpc) is 2.28. The second-order valence-electron chi connectivity index (χ2n) is 4.17. The summed E-state index contributed by atoms with van der Waals surface area (Å²) in [7, 11) is 0. The molecule has 0 spiro atoms. The molecular weight excluding hydrogens is 200 g/mol. The molecule has 0 saturated carbocycles. The molecule has 0 bridgehead atoms. The van der Waals surface area contributed by atoms with Gasteiger partial charge in [-0.2, -0.15) is 0 Å². The summed E-state index contributed by atoms with van der Waals surface area (Å²) < 4.78 is 0. The van der Waals surface area contributed by atoms with E-state index in [0.29, 0.717) is 18.9 Å². The molecule has 1 rings (SSSR count). The zero-order valence-electron chi connectivity index (χ0n) is 9.99. The molecule has 1 aromatic carbocycles. The smallest absolute Gasteiger partial charge is 0.224 e. The van der Waals surface area contributed by atoms with E-state index in [0.717, 1.165) is 17.7 Å². The van der Waals surface area contributed by atoms with Crippen molar-refractivity contribution in [1.29, 1.82) is 0 Å². The van der Waals surface area contributed by atoms with Crippen molar-refractivity contribution in [3.63, 3.8) is 0 Å². The number of anilines is 1. The SMILES string of the molecule is CCC(C)CC(=O)Nc1cccc(CN)c1. The lowest BCUT2D eigenvalue weighted by Crippen LogP contribution is -2.15. The van der Waals surface area contributed by atoms with E-state index < -0.39 is 0 Å². The van der Waals surface area contributed by atoms with Crippen LogP contribution >= 0.6 is 0 Å². The Morgan fingerprint density at radius 3 is 2.88 bits per heavy atom. The van der Waals surface area contributed by atoms with Gasteiger partial charge in [-0.15, -0.1) is 0 Å². The van der Waals surface area contributed by atoms with E-state index in [1.54, 1.807) is 0 Å². The summed E-state index contributed by atoms with van der Waals surface area (Å²) in [6, 6.07) is 7.65. The van der Waals surface area contributed by atoms with E-state index in [1.165, 1.54) is 0 Å². The summed E-state index contributed by atoms with van der Waals surface area (Å²) in [5.41, 5.74) is 7.40. The molecule has 1 amide bonds. The van der Waals surface area contributed by atoms with Crippen molar-refractivity contribution < 1.29 is 4.79 Å². The zero-order valence-corrected chi connectivity index (χ0v) is 9.99. The van der Waals surface area contributed by atoms with Crippen LogP contribution in [0.1, 0.15) is 32.3 Å². The van der Waals surface area contributed by atoms with Gasteiger partial charge in [-0.1, -0.05) is 32.4 Å². The molecule has 0 fully saturated rings. The second kappa shape index (κ2) is 6.28. The van der Waals surface area contributed by atoms with Crippen molar-refractivity contribution in [3.05, 3.63) is 29.8 Å². The minimum absolute atomic E-state index is 0.0727. The normalized spacial score (nSPS) is 12.2. The molecule has 0 aromatic heterocycles. The first-order valence-electron chi connectivity index (χ1n) is 5.74. The molecule has 0 saturated heterocycles. The zero-order chi connectivity index (χ0) is 12.0. The van der Waals surface area contributed by atoms with E-state index in [9.17, 15) is 4.79 Å². The summed E-state index contributed by atoms with van der Waals surface area (Å²) in [6.07, 6.45) is 1.60. The Labute approximate surface area is 97.0 Å². The van der Waals surface area contributed by atoms with E-state index in [2.05, 4.69) is 19.2 Å². The summed E-state index contributed by atoms with van der Waals surface area (Å²) in [5, 5.41) is 2.89. The van der Waals surface area contributed by atoms with E-state index in [1.807, 2.05) is 24.3 Å². The van der Waals surface area contributed by atoms with Crippen LogP contribution in [0.15, 0.2) is 24.3 Å². The molecular formula is C13H20N2O. The lowest BCUT2D eigenvalue weighted by molar-refractivity contribution is -0.117. The third kappa shape index (κ3) is 4.03. The molecule has 1 aromatic rings. The fourth-order valence-corrected chi connectivity index (χ4v) is 1.45. The Morgan fingerprint density at radius 1 is 1.50 bits per heavy atom. The molecule has 0 heterocycles. The monoisotopic (exact) mass is 220 g/mol. The van der Waals surface area contributed by atoms with E-state index in [-0.39, 0.29) is 5.91 Å². The molecule has 88 valence electrons. The van der Waals surface area contributed by atoms with Gasteiger partial charge in [-0.05, 0) is 23.6 Å². The van der Waals surface area contributed by atoms with Crippen LogP contribution in [-0.4, -0.2) is 5.91 Å². The van der Waals surface area contributed by atoms with Crippen LogP contribution in [0.3, 0.4) is 0 Å². The highest BCUT2D eigenvalue weighted by Gasteiger charge is 2.07. The number of carbonyl (C=O) groups is 1. The molecule has 3 N–H and O–H groups in total. The van der Waals surface area contributed by atoms with Gasteiger partial charge < -0.3 is 11.1 Å². The topological polar surface area (TPSA) is 55.1 Å². The predicted molar refractivity (Wildman–Crippen MR) is 67.0 cm³/mol. The van der Waals surface area contributed by atoms with Gasteiger partial charge in [0.1, 0.15) is 0 Å². The Morgan fingerprint density at radius 2 is 2.25 bits per heavy atom. The number of amides is 1. The Bertz CT molecular complexity index is 350. The average molecular weight is 220 g/mol. The van der Waals surface area contributed by atoms with Crippen LogP contribution in [0.25, 0.3) is 0 Å². The van der Waals surface area contributed by atoms with Crippen LogP contribution in [0.5, 0.6) is 0 Å². The number of nitrogens with one attached hydrogen (secondary N) is 1. The molecule has 0 radical (unpaired) electrons. The minimum Gasteiger partial charge on any atom is -0.326 e. The minimum atomic E-state index is 0.0727. The van der Waals surface area contributed by atoms with Crippen molar-refractivity contribution in [2.45, 2.75) is 33.2 Å². The Hall–Kier alpha value is -1.35. The first kappa shape index (κ1) is 12.7. The highest BCUT2D eigenvalue weighted by Crippen LogP contribution is 2.12. The van der Waals surface area contributed by atoms with Gasteiger partial charge in [0.15, 0.2) is 0 Å². The first-order chi connectivity index (χ1) is 7.65. The van der Waals surface area contributed by atoms with Gasteiger partial charge in [-0.3, -0.25) is 4.79 Å². The van der Waals surface area contributed by atoms with Crippen LogP contribution in [0, 0.1) is 5.92 Å². The number of rotatable bonds is 5. The standard InChI is InChI=1S/C13H20N2O/c1-3-10(2)7-13(16)15-12-6-4-5-11(8-12)9-14/h4-6,8,10H,3,7,9,14H2,1-2H3,(H,15,16). The fraction of sp³-hybridized carbons (Fsp3) is 0.462. The number of carbonyl (C=O) groups excluding carboxylic acids is 1. The molecule has 3 nitrogen and oxygen atoms in total. The van der Waals surface area contributed by atoms with Crippen LogP contribution in [0.2, 0.25) is 0 Å². The maximum absolute atomic E-state index is 11.6. The fourth-order valence-electron chi connectivity index (χ4n) is 1.45. The maximum Gasteiger partial charge on any atom is 0.224 e. The van der Waals surface area contributed by atoms with Crippen molar-refractivity contribution in [3.8, 4) is 0 Å². The summed E-state index contributed by atoms with van der Waals surface area (Å²) in [6.45, 7) is 4.66. The van der Waals surface area contributed by atoms with Crippen LogP contribution < -0.4 is 11.1 Å². The van der Waals surface area contributed by atoms with E-state index in [4.69, 9.17) is 5.73 Å². The van der Waals surface area contributed by atoms with Crippen molar-refractivity contribution in [2.24, 2.45) is 11.7 Å². The third-order valence-electron chi connectivity index (χ3n) is 2.68. The van der Waals surface area contributed by atoms with Crippen LogP contribution in [-0.2, 0) is 11.3 Å². The molecule has 3 heteroatoms. The Kier molecular flexibility index (Phi) is 4.99. The van der Waals surface area contributed by atoms with Gasteiger partial charge in [-0.25, -0.2) is 0 Å². The lowest BCUT2D eigenvalue weighted by Gasteiger charge is -2.09. The van der Waals surface area contributed by atoms with E-state index >= 15 is 0 Å².